The molecule has 3 rings (SSSR count). The van der Waals surface area contributed by atoms with E-state index in [4.69, 9.17) is 0 Å². The Morgan fingerprint density at radius 3 is 2.65 bits per heavy atom. The molecule has 0 fully saturated rings. The van der Waals surface area contributed by atoms with Gasteiger partial charge in [-0.3, -0.25) is 20.4 Å². The Morgan fingerprint density at radius 2 is 1.92 bits per heavy atom. The van der Waals surface area contributed by atoms with Crippen LogP contribution in [0.4, 0.5) is 0 Å². The fourth-order valence-corrected chi connectivity index (χ4v) is 4.67. The van der Waals surface area contributed by atoms with Gasteiger partial charge in [0.1, 0.15) is 4.21 Å². The molecule has 10 heteroatoms. The maximum absolute atomic E-state index is 12.3. The lowest BCUT2D eigenvalue weighted by Gasteiger charge is -2.15. The summed E-state index contributed by atoms with van der Waals surface area (Å²) in [7, 11) is -2.43. The van der Waals surface area contributed by atoms with Gasteiger partial charge in [0.05, 0.1) is 12.1 Å². The number of amides is 2. The van der Waals surface area contributed by atoms with Gasteiger partial charge in [-0.15, -0.1) is 11.3 Å². The summed E-state index contributed by atoms with van der Waals surface area (Å²) >= 11 is 1.07. The van der Waals surface area contributed by atoms with E-state index in [0.29, 0.717) is 5.56 Å². The van der Waals surface area contributed by atoms with E-state index in [-0.39, 0.29) is 4.21 Å². The molecule has 2 amide bonds. The largest absolute Gasteiger partial charge is 0.360 e. The maximum atomic E-state index is 12.3. The SMILES string of the molecule is CN(CC(=O)NNC(=O)c1c[nH]c2ccccc12)S(=O)(=O)c1cccs1. The lowest BCUT2D eigenvalue weighted by atomic mass is 10.2. The zero-order valence-electron chi connectivity index (χ0n) is 13.7. The van der Waals surface area contributed by atoms with Gasteiger partial charge in [-0.05, 0) is 17.5 Å². The van der Waals surface area contributed by atoms with Crippen LogP contribution in [-0.2, 0) is 14.8 Å². The highest BCUT2D eigenvalue weighted by molar-refractivity contribution is 7.91. The second-order valence-electron chi connectivity index (χ2n) is 5.44. The van der Waals surface area contributed by atoms with Crippen molar-refractivity contribution in [2.24, 2.45) is 0 Å². The number of aromatic amines is 1. The average molecular weight is 392 g/mol. The van der Waals surface area contributed by atoms with E-state index in [2.05, 4.69) is 15.8 Å². The normalized spacial score (nSPS) is 11.6. The topological polar surface area (TPSA) is 111 Å². The molecule has 0 aliphatic carbocycles. The summed E-state index contributed by atoms with van der Waals surface area (Å²) in [5, 5.41) is 2.36. The first-order chi connectivity index (χ1) is 12.4. The Kier molecular flexibility index (Phi) is 5.07. The molecule has 0 aliphatic heterocycles. The smallest absolute Gasteiger partial charge is 0.271 e. The van der Waals surface area contributed by atoms with Crippen LogP contribution in [0.5, 0.6) is 0 Å². The fraction of sp³-hybridized carbons (Fsp3) is 0.125. The number of rotatable bonds is 5. The first kappa shape index (κ1) is 18.1. The van der Waals surface area contributed by atoms with Crippen LogP contribution in [0.2, 0.25) is 0 Å². The van der Waals surface area contributed by atoms with Gasteiger partial charge in [-0.1, -0.05) is 24.3 Å². The number of benzene rings is 1. The lowest BCUT2D eigenvalue weighted by Crippen LogP contribution is -2.46. The Hall–Kier alpha value is -2.69. The number of hydrazine groups is 1. The van der Waals surface area contributed by atoms with Crippen molar-refractivity contribution in [1.29, 1.82) is 0 Å². The molecule has 0 aliphatic rings. The molecule has 3 aromatic rings. The van der Waals surface area contributed by atoms with Crippen LogP contribution in [-0.4, -0.2) is 43.1 Å². The molecule has 26 heavy (non-hydrogen) atoms. The number of sulfonamides is 1. The molecular weight excluding hydrogens is 376 g/mol. The fourth-order valence-electron chi connectivity index (χ4n) is 2.34. The summed E-state index contributed by atoms with van der Waals surface area (Å²) < 4.78 is 25.6. The van der Waals surface area contributed by atoms with Crippen LogP contribution >= 0.6 is 11.3 Å². The molecule has 1 aromatic carbocycles. The predicted octanol–water partition coefficient (Wildman–Crippen LogP) is 1.31. The molecule has 0 radical (unpaired) electrons. The molecular formula is C16H16N4O4S2. The minimum absolute atomic E-state index is 0.149. The minimum Gasteiger partial charge on any atom is -0.360 e. The summed E-state index contributed by atoms with van der Waals surface area (Å²) in [4.78, 5) is 27.2. The molecule has 8 nitrogen and oxygen atoms in total. The van der Waals surface area contributed by atoms with Crippen molar-refractivity contribution in [3.05, 3.63) is 53.5 Å². The number of H-pyrrole nitrogens is 1. The van der Waals surface area contributed by atoms with Crippen LogP contribution in [0.15, 0.2) is 52.2 Å². The van der Waals surface area contributed by atoms with Crippen LogP contribution in [0.25, 0.3) is 10.9 Å². The molecule has 2 heterocycles. The summed E-state index contributed by atoms with van der Waals surface area (Å²) in [6, 6.07) is 10.3. The van der Waals surface area contributed by atoms with E-state index in [1.807, 2.05) is 12.1 Å². The van der Waals surface area contributed by atoms with Crippen molar-refractivity contribution in [3.63, 3.8) is 0 Å². The van der Waals surface area contributed by atoms with E-state index in [0.717, 1.165) is 26.5 Å². The number of thiophene rings is 1. The van der Waals surface area contributed by atoms with Gasteiger partial charge in [0.15, 0.2) is 0 Å². The van der Waals surface area contributed by atoms with Crippen LogP contribution in [0.1, 0.15) is 10.4 Å². The second-order valence-corrected chi connectivity index (χ2v) is 8.66. The molecule has 0 saturated carbocycles. The van der Waals surface area contributed by atoms with Crippen LogP contribution < -0.4 is 10.9 Å². The molecule has 0 atom stereocenters. The summed E-state index contributed by atoms with van der Waals surface area (Å²) in [6.07, 6.45) is 1.54. The second kappa shape index (κ2) is 7.28. The Bertz CT molecular complexity index is 1040. The van der Waals surface area contributed by atoms with Crippen molar-refractivity contribution in [3.8, 4) is 0 Å². The van der Waals surface area contributed by atoms with Crippen LogP contribution in [0, 0.1) is 0 Å². The number of carbonyl (C=O) groups is 2. The van der Waals surface area contributed by atoms with Gasteiger partial charge < -0.3 is 4.98 Å². The van der Waals surface area contributed by atoms with Gasteiger partial charge in [0.25, 0.3) is 21.8 Å². The molecule has 3 N–H and O–H groups in total. The standard InChI is InChI=1S/C16H16N4O4S2/c1-20(26(23,24)15-7-4-8-25-15)10-14(21)18-19-16(22)12-9-17-13-6-3-2-5-11(12)13/h2-9,17H,10H2,1H3,(H,18,21)(H,19,22). The van der Waals surface area contributed by atoms with Gasteiger partial charge in [0, 0.05) is 24.1 Å². The number of aromatic nitrogens is 1. The van der Waals surface area contributed by atoms with Crippen molar-refractivity contribution in [1.82, 2.24) is 20.1 Å². The monoisotopic (exact) mass is 392 g/mol. The quantitative estimate of drug-likeness (QED) is 0.569. The number of para-hydroxylation sites is 1. The van der Waals surface area contributed by atoms with Gasteiger partial charge >= 0.3 is 0 Å². The molecule has 0 saturated heterocycles. The number of nitrogens with one attached hydrogen (secondary N) is 3. The molecule has 0 bridgehead atoms. The van der Waals surface area contributed by atoms with E-state index in [1.54, 1.807) is 29.8 Å². The number of fused-ring (bicyclic) bond motifs is 1. The summed E-state index contributed by atoms with van der Waals surface area (Å²) in [5.74, 6) is -1.15. The van der Waals surface area contributed by atoms with Gasteiger partial charge in [-0.2, -0.15) is 4.31 Å². The van der Waals surface area contributed by atoms with Crippen molar-refractivity contribution < 1.29 is 18.0 Å². The highest BCUT2D eigenvalue weighted by atomic mass is 32.2. The van der Waals surface area contributed by atoms with E-state index >= 15 is 0 Å². The van der Waals surface area contributed by atoms with Crippen molar-refractivity contribution in [2.45, 2.75) is 4.21 Å². The zero-order valence-corrected chi connectivity index (χ0v) is 15.4. The van der Waals surface area contributed by atoms with Gasteiger partial charge in [-0.25, -0.2) is 8.42 Å². The molecule has 2 aromatic heterocycles. The molecule has 0 unspecified atom stereocenters. The number of hydrogen-bond acceptors (Lipinski definition) is 5. The molecule has 0 spiro atoms. The Balaban J connectivity index is 1.59. The van der Waals surface area contributed by atoms with E-state index in [9.17, 15) is 18.0 Å². The zero-order chi connectivity index (χ0) is 18.7. The number of carbonyl (C=O) groups excluding carboxylic acids is 2. The lowest BCUT2D eigenvalue weighted by molar-refractivity contribution is -0.121. The first-order valence-corrected chi connectivity index (χ1v) is 9.86. The van der Waals surface area contributed by atoms with Gasteiger partial charge in [0.2, 0.25) is 0 Å². The van der Waals surface area contributed by atoms with E-state index in [1.165, 1.54) is 13.1 Å². The maximum Gasteiger partial charge on any atom is 0.271 e. The van der Waals surface area contributed by atoms with E-state index < -0.39 is 28.4 Å². The Morgan fingerprint density at radius 1 is 1.15 bits per heavy atom. The number of hydrogen-bond donors (Lipinski definition) is 3. The predicted molar refractivity (Wildman–Crippen MR) is 98.0 cm³/mol. The summed E-state index contributed by atoms with van der Waals surface area (Å²) in [5.41, 5.74) is 5.69. The van der Waals surface area contributed by atoms with Crippen molar-refractivity contribution in [2.75, 3.05) is 13.6 Å². The third-order valence-corrected chi connectivity index (χ3v) is 6.85. The third kappa shape index (κ3) is 3.62. The highest BCUT2D eigenvalue weighted by Crippen LogP contribution is 2.19. The highest BCUT2D eigenvalue weighted by Gasteiger charge is 2.24. The number of nitrogens with zero attached hydrogens (tertiary/aromatic N) is 1. The molecule has 136 valence electrons. The third-order valence-electron chi connectivity index (χ3n) is 3.68. The first-order valence-electron chi connectivity index (χ1n) is 7.55. The average Bonchev–Trinajstić information content (AvgIpc) is 3.29. The Labute approximate surface area is 153 Å². The minimum atomic E-state index is -3.73. The summed E-state index contributed by atoms with van der Waals surface area (Å²) in [6.45, 7) is -0.422. The van der Waals surface area contributed by atoms with Crippen LogP contribution in [0.3, 0.4) is 0 Å². The number of likely N-dealkylation sites (N-methyl/N-ethyl adjacent to an activating group) is 1. The van der Waals surface area contributed by atoms with Crippen molar-refractivity contribution >= 4 is 44.1 Å².